The molecule has 0 bridgehead atoms. The molecule has 0 fully saturated rings. The van der Waals surface area contributed by atoms with Crippen molar-refractivity contribution in [1.82, 2.24) is 0 Å². The summed E-state index contributed by atoms with van der Waals surface area (Å²) in [6.45, 7) is 0.972. The van der Waals surface area contributed by atoms with Gasteiger partial charge in [-0.2, -0.15) is 5.84 Å². The minimum absolute atomic E-state index is 0.547. The molecule has 0 aliphatic carbocycles. The Bertz CT molecular complexity index is 48.1. The van der Waals surface area contributed by atoms with Crippen molar-refractivity contribution >= 4 is 15.9 Å². The van der Waals surface area contributed by atoms with E-state index in [1.54, 1.807) is 0 Å². The maximum Gasteiger partial charge on any atom is 0.105 e. The summed E-state index contributed by atoms with van der Waals surface area (Å²) < 4.78 is 0.547. The van der Waals surface area contributed by atoms with Crippen molar-refractivity contribution in [2.75, 3.05) is 26.0 Å². The third-order valence-electron chi connectivity index (χ3n) is 0.661. The van der Waals surface area contributed by atoms with Gasteiger partial charge in [0.15, 0.2) is 0 Å². The van der Waals surface area contributed by atoms with Gasteiger partial charge in [0, 0.05) is 0 Å². The van der Waals surface area contributed by atoms with Gasteiger partial charge in [-0.15, -0.1) is 0 Å². The van der Waals surface area contributed by atoms with Crippen LogP contribution in [0, 0.1) is 0 Å². The summed E-state index contributed by atoms with van der Waals surface area (Å²) in [5, 5.41) is 0.969. The third kappa shape index (κ3) is 6.40. The van der Waals surface area contributed by atoms with E-state index in [-0.39, 0.29) is 0 Å². The van der Waals surface area contributed by atoms with E-state index in [1.807, 2.05) is 14.1 Å². The van der Waals surface area contributed by atoms with Crippen molar-refractivity contribution in [3.63, 3.8) is 0 Å². The Hall–Kier alpha value is 0.400. The Morgan fingerprint density at radius 1 is 1.57 bits per heavy atom. The molecule has 7 heavy (non-hydrogen) atoms. The van der Waals surface area contributed by atoms with E-state index >= 15 is 0 Å². The summed E-state index contributed by atoms with van der Waals surface area (Å²) in [4.78, 5) is 0. The highest BCUT2D eigenvalue weighted by Gasteiger charge is 2.03. The monoisotopic (exact) mass is 167 g/mol. The molecule has 44 valence electrons. The molecule has 0 aromatic carbocycles. The summed E-state index contributed by atoms with van der Waals surface area (Å²) >= 11 is 3.29. The fraction of sp³-hybridized carbons (Fsp3) is 1.00. The Kier molecular flexibility index (Phi) is 2.80. The van der Waals surface area contributed by atoms with Gasteiger partial charge in [0.1, 0.15) is 6.54 Å². The van der Waals surface area contributed by atoms with Crippen molar-refractivity contribution in [3.05, 3.63) is 0 Å². The van der Waals surface area contributed by atoms with Crippen LogP contribution in [0.4, 0.5) is 0 Å². The lowest BCUT2D eigenvalue weighted by Crippen LogP contribution is -2.47. The van der Waals surface area contributed by atoms with Gasteiger partial charge >= 0.3 is 0 Å². The number of alkyl halides is 1. The first kappa shape index (κ1) is 7.40. The van der Waals surface area contributed by atoms with Crippen LogP contribution in [0.15, 0.2) is 0 Å². The number of hydrogen-bond donors (Lipinski definition) is 1. The van der Waals surface area contributed by atoms with Gasteiger partial charge in [0.2, 0.25) is 0 Å². The molecule has 0 aromatic rings. The Labute approximate surface area is 53.0 Å². The average molecular weight is 168 g/mol. The fourth-order valence-electron chi connectivity index (χ4n) is 0.218. The first-order valence-corrected chi connectivity index (χ1v) is 3.36. The van der Waals surface area contributed by atoms with Gasteiger partial charge in [0.25, 0.3) is 0 Å². The first-order valence-electron chi connectivity index (χ1n) is 2.24. The molecule has 0 heterocycles. The van der Waals surface area contributed by atoms with Gasteiger partial charge in [-0.05, 0) is 0 Å². The van der Waals surface area contributed by atoms with E-state index in [1.165, 1.54) is 0 Å². The quantitative estimate of drug-likeness (QED) is 0.273. The number of nitrogens with two attached hydrogens (primary N) is 1. The van der Waals surface area contributed by atoms with Crippen LogP contribution < -0.4 is 5.84 Å². The number of nitrogens with zero attached hydrogens (tertiary/aromatic N) is 1. The molecular weight excluding hydrogens is 156 g/mol. The summed E-state index contributed by atoms with van der Waals surface area (Å²) in [5.74, 6) is 5.55. The zero-order valence-corrected chi connectivity index (χ0v) is 6.40. The number of hydrogen-bond acceptors (Lipinski definition) is 1. The van der Waals surface area contributed by atoms with Crippen LogP contribution in [0.2, 0.25) is 0 Å². The summed E-state index contributed by atoms with van der Waals surface area (Å²) in [6.07, 6.45) is 0. The van der Waals surface area contributed by atoms with Crippen LogP contribution in [0.3, 0.4) is 0 Å². The minimum atomic E-state index is 0.547. The Morgan fingerprint density at radius 3 is 2.00 bits per heavy atom. The van der Waals surface area contributed by atoms with Gasteiger partial charge in [0.05, 0.1) is 19.4 Å². The second-order valence-electron chi connectivity index (χ2n) is 2.19. The highest BCUT2D eigenvalue weighted by molar-refractivity contribution is 9.09. The third-order valence-corrected chi connectivity index (χ3v) is 1.02. The molecule has 0 amide bonds. The molecule has 0 rings (SSSR count). The molecule has 0 aliphatic heterocycles. The SMILES string of the molecule is C[N+](C)(N)CCBr. The van der Waals surface area contributed by atoms with Gasteiger partial charge in [-0.25, -0.2) is 0 Å². The Balaban J connectivity index is 3.15. The standard InChI is InChI=1S/C4H12BrN2/c1-7(2,6)4-3-5/h3-4,6H2,1-2H3/q+1. The largest absolute Gasteiger partial charge is 0.252 e. The molecule has 0 spiro atoms. The molecule has 3 heteroatoms. The fourth-order valence-corrected chi connectivity index (χ4v) is 1.13. The zero-order chi connectivity index (χ0) is 5.91. The van der Waals surface area contributed by atoms with Crippen LogP contribution in [0.1, 0.15) is 0 Å². The van der Waals surface area contributed by atoms with Crippen molar-refractivity contribution in [2.45, 2.75) is 0 Å². The van der Waals surface area contributed by atoms with E-state index < -0.39 is 0 Å². The number of quaternary nitrogens is 1. The minimum Gasteiger partial charge on any atom is -0.252 e. The van der Waals surface area contributed by atoms with Crippen LogP contribution in [0.5, 0.6) is 0 Å². The normalized spacial score (nSPS) is 12.0. The molecule has 0 saturated heterocycles. The maximum absolute atomic E-state index is 5.55. The average Bonchev–Trinajstić information content (AvgIpc) is 1.30. The molecule has 0 aliphatic rings. The molecule has 2 nitrogen and oxygen atoms in total. The van der Waals surface area contributed by atoms with E-state index in [2.05, 4.69) is 15.9 Å². The maximum atomic E-state index is 5.55. The number of rotatable bonds is 2. The van der Waals surface area contributed by atoms with E-state index in [4.69, 9.17) is 5.84 Å². The van der Waals surface area contributed by atoms with Crippen LogP contribution >= 0.6 is 15.9 Å². The van der Waals surface area contributed by atoms with Crippen molar-refractivity contribution in [3.8, 4) is 0 Å². The van der Waals surface area contributed by atoms with Crippen LogP contribution in [0.25, 0.3) is 0 Å². The molecule has 0 saturated carbocycles. The summed E-state index contributed by atoms with van der Waals surface area (Å²) in [6, 6.07) is 0. The lowest BCUT2D eigenvalue weighted by Gasteiger charge is -2.20. The van der Waals surface area contributed by atoms with Crippen LogP contribution in [-0.4, -0.2) is 30.6 Å². The van der Waals surface area contributed by atoms with Crippen molar-refractivity contribution in [2.24, 2.45) is 5.84 Å². The lowest BCUT2D eigenvalue weighted by molar-refractivity contribution is -0.899. The highest BCUT2D eigenvalue weighted by atomic mass is 79.9. The van der Waals surface area contributed by atoms with Gasteiger partial charge < -0.3 is 0 Å². The second-order valence-corrected chi connectivity index (χ2v) is 2.98. The molecular formula is C4H12BrN2+. The topological polar surface area (TPSA) is 26.0 Å². The first-order chi connectivity index (χ1) is 3.06. The van der Waals surface area contributed by atoms with Crippen molar-refractivity contribution in [1.29, 1.82) is 0 Å². The molecule has 0 aromatic heterocycles. The van der Waals surface area contributed by atoms with E-state index in [0.29, 0.717) is 4.59 Å². The summed E-state index contributed by atoms with van der Waals surface area (Å²) in [7, 11) is 3.92. The predicted octanol–water partition coefficient (Wildman–Crippen LogP) is 0.331. The second kappa shape index (κ2) is 2.64. The molecule has 2 N–H and O–H groups in total. The summed E-state index contributed by atoms with van der Waals surface area (Å²) in [5.41, 5.74) is 0. The van der Waals surface area contributed by atoms with E-state index in [0.717, 1.165) is 11.9 Å². The zero-order valence-electron chi connectivity index (χ0n) is 4.82. The smallest absolute Gasteiger partial charge is 0.105 e. The molecule has 0 unspecified atom stereocenters. The number of halogens is 1. The predicted molar refractivity (Wildman–Crippen MR) is 35.0 cm³/mol. The van der Waals surface area contributed by atoms with Crippen LogP contribution in [-0.2, 0) is 0 Å². The van der Waals surface area contributed by atoms with Gasteiger partial charge in [-0.1, -0.05) is 15.9 Å². The Morgan fingerprint density at radius 2 is 2.00 bits per heavy atom. The lowest BCUT2D eigenvalue weighted by atomic mass is 10.6. The molecule has 0 radical (unpaired) electrons. The highest BCUT2D eigenvalue weighted by Crippen LogP contribution is 1.86. The van der Waals surface area contributed by atoms with E-state index in [9.17, 15) is 0 Å². The molecule has 0 atom stereocenters. The van der Waals surface area contributed by atoms with Crippen molar-refractivity contribution < 1.29 is 4.59 Å². The van der Waals surface area contributed by atoms with Gasteiger partial charge in [-0.3, -0.25) is 4.59 Å².